The second kappa shape index (κ2) is 8.50. The van der Waals surface area contributed by atoms with Crippen molar-refractivity contribution >= 4 is 32.2 Å². The highest BCUT2D eigenvalue weighted by molar-refractivity contribution is 7.22. The maximum absolute atomic E-state index is 13.2. The van der Waals surface area contributed by atoms with Gasteiger partial charge in [0.05, 0.1) is 15.9 Å². The molecule has 0 amide bonds. The Morgan fingerprint density at radius 2 is 1.82 bits per heavy atom. The van der Waals surface area contributed by atoms with Gasteiger partial charge in [0.15, 0.2) is 5.13 Å². The van der Waals surface area contributed by atoms with Gasteiger partial charge in [0, 0.05) is 37.8 Å². The molecular formula is C22H25F3N4O3S. The lowest BCUT2D eigenvalue weighted by Crippen LogP contribution is -2.63. The van der Waals surface area contributed by atoms with Crippen LogP contribution in [0.15, 0.2) is 16.9 Å². The molecular weight excluding hydrogens is 457 g/mol. The van der Waals surface area contributed by atoms with E-state index in [0.717, 1.165) is 43.2 Å². The standard InChI is InChI=1S/C22H25F3N4O3S/c23-22(24,25)14-8-17-19(18(9-14)29(31)32)33-21(26-20(17)30)28-12-15-6-7-16(28)11-27(15)10-13-4-2-1-3-5-13/h8-9,13,15-16H,1-7,10-12H2. The van der Waals surface area contributed by atoms with Crippen LogP contribution in [0.3, 0.4) is 0 Å². The van der Waals surface area contributed by atoms with Crippen molar-refractivity contribution < 1.29 is 18.1 Å². The number of nitrogens with zero attached hydrogens (tertiary/aromatic N) is 4. The number of fused-ring (bicyclic) bond motifs is 4. The number of piperazine rings is 1. The van der Waals surface area contributed by atoms with Crippen LogP contribution in [0.4, 0.5) is 24.0 Å². The number of nitro groups is 1. The topological polar surface area (TPSA) is 79.6 Å². The van der Waals surface area contributed by atoms with E-state index < -0.39 is 27.9 Å². The van der Waals surface area contributed by atoms with E-state index in [1.165, 1.54) is 32.1 Å². The molecule has 0 radical (unpaired) electrons. The fourth-order valence-electron chi connectivity index (χ4n) is 5.64. The zero-order chi connectivity index (χ0) is 23.3. The number of aromatic nitrogens is 1. The zero-order valence-corrected chi connectivity index (χ0v) is 18.8. The minimum atomic E-state index is -4.79. The third-order valence-corrected chi connectivity index (χ3v) is 8.46. The molecule has 4 fully saturated rings. The highest BCUT2D eigenvalue weighted by atomic mass is 32.1. The predicted octanol–water partition coefficient (Wildman–Crippen LogP) is 4.82. The number of nitro benzene ring substituents is 1. The zero-order valence-electron chi connectivity index (χ0n) is 18.0. The van der Waals surface area contributed by atoms with Gasteiger partial charge in [-0.2, -0.15) is 18.2 Å². The van der Waals surface area contributed by atoms with Crippen molar-refractivity contribution in [3.05, 3.63) is 38.2 Å². The van der Waals surface area contributed by atoms with Gasteiger partial charge in [0.2, 0.25) is 0 Å². The summed E-state index contributed by atoms with van der Waals surface area (Å²) in [5, 5.41) is 11.6. The second-order valence-corrected chi connectivity index (χ2v) is 10.4. The number of rotatable bonds is 4. The van der Waals surface area contributed by atoms with E-state index in [9.17, 15) is 28.1 Å². The summed E-state index contributed by atoms with van der Waals surface area (Å²) >= 11 is 0.946. The molecule has 1 aliphatic carbocycles. The maximum atomic E-state index is 13.2. The Labute approximate surface area is 192 Å². The first-order chi connectivity index (χ1) is 15.7. The van der Waals surface area contributed by atoms with Gasteiger partial charge in [-0.25, -0.2) is 0 Å². The number of hydrogen-bond donors (Lipinski definition) is 0. The van der Waals surface area contributed by atoms with Gasteiger partial charge in [-0.3, -0.25) is 19.8 Å². The number of alkyl halides is 3. The molecule has 6 rings (SSSR count). The Hall–Kier alpha value is -2.27. The van der Waals surface area contributed by atoms with Crippen LogP contribution in [0, 0.1) is 16.0 Å². The molecule has 0 N–H and O–H groups in total. The molecule has 0 spiro atoms. The molecule has 11 heteroatoms. The van der Waals surface area contributed by atoms with Gasteiger partial charge >= 0.3 is 6.18 Å². The number of benzene rings is 1. The van der Waals surface area contributed by atoms with Gasteiger partial charge in [0.25, 0.3) is 11.2 Å². The van der Waals surface area contributed by atoms with Crippen LogP contribution in [0.5, 0.6) is 0 Å². The lowest BCUT2D eigenvalue weighted by molar-refractivity contribution is -0.383. The molecule has 3 saturated heterocycles. The minimum Gasteiger partial charge on any atom is -0.342 e. The number of hydrogen-bond acceptors (Lipinski definition) is 7. The molecule has 7 nitrogen and oxygen atoms in total. The molecule has 178 valence electrons. The largest absolute Gasteiger partial charge is 0.416 e. The summed E-state index contributed by atoms with van der Waals surface area (Å²) in [6.45, 7) is 2.62. The van der Waals surface area contributed by atoms with E-state index >= 15 is 0 Å². The van der Waals surface area contributed by atoms with E-state index in [1.54, 1.807) is 0 Å². The van der Waals surface area contributed by atoms with E-state index in [0.29, 0.717) is 29.9 Å². The summed E-state index contributed by atoms with van der Waals surface area (Å²) in [7, 11) is 0. The van der Waals surface area contributed by atoms with Crippen molar-refractivity contribution in [2.24, 2.45) is 5.92 Å². The molecule has 2 unspecified atom stereocenters. The normalized spacial score (nSPS) is 24.5. The molecule has 33 heavy (non-hydrogen) atoms. The monoisotopic (exact) mass is 482 g/mol. The molecule has 4 heterocycles. The number of non-ortho nitro benzene ring substituents is 1. The lowest BCUT2D eigenvalue weighted by atomic mass is 9.85. The van der Waals surface area contributed by atoms with Crippen LogP contribution in [0.1, 0.15) is 50.5 Å². The van der Waals surface area contributed by atoms with Crippen LogP contribution < -0.4 is 10.5 Å². The van der Waals surface area contributed by atoms with Crippen LogP contribution in [-0.2, 0) is 6.18 Å². The molecule has 3 aliphatic heterocycles. The van der Waals surface area contributed by atoms with Crippen LogP contribution >= 0.6 is 11.3 Å². The fourth-order valence-corrected chi connectivity index (χ4v) is 6.78. The average Bonchev–Trinajstić information content (AvgIpc) is 2.79. The number of anilines is 1. The quantitative estimate of drug-likeness (QED) is 0.459. The summed E-state index contributed by atoms with van der Waals surface area (Å²) in [6.07, 6.45) is 3.67. The summed E-state index contributed by atoms with van der Waals surface area (Å²) in [5.74, 6) is 0.729. The van der Waals surface area contributed by atoms with Crippen molar-refractivity contribution in [1.82, 2.24) is 9.88 Å². The molecule has 1 saturated carbocycles. The average molecular weight is 483 g/mol. The summed E-state index contributed by atoms with van der Waals surface area (Å²) < 4.78 is 39.6. The first kappa shape index (κ1) is 22.5. The first-order valence-electron chi connectivity index (χ1n) is 11.4. The van der Waals surface area contributed by atoms with Gasteiger partial charge in [-0.15, -0.1) is 0 Å². The van der Waals surface area contributed by atoms with Gasteiger partial charge in [-0.1, -0.05) is 30.6 Å². The van der Waals surface area contributed by atoms with Crippen molar-refractivity contribution in [1.29, 1.82) is 0 Å². The van der Waals surface area contributed by atoms with Crippen LogP contribution in [-0.4, -0.2) is 46.5 Å². The smallest absolute Gasteiger partial charge is 0.342 e. The summed E-state index contributed by atoms with van der Waals surface area (Å²) in [4.78, 5) is 32.1. The molecule has 2 aromatic rings. The molecule has 1 aromatic carbocycles. The van der Waals surface area contributed by atoms with Crippen molar-refractivity contribution in [2.45, 2.75) is 63.2 Å². The van der Waals surface area contributed by atoms with Crippen molar-refractivity contribution in [3.8, 4) is 0 Å². The van der Waals surface area contributed by atoms with Crippen molar-refractivity contribution in [2.75, 3.05) is 24.5 Å². The Kier molecular flexibility index (Phi) is 5.80. The SMILES string of the molecule is O=c1nc(N2CC3CCC2CN3CC2CCCCC2)sc2c([N+](=O)[O-])cc(C(F)(F)F)cc12. The summed E-state index contributed by atoms with van der Waals surface area (Å²) in [6, 6.07) is 1.66. The Balaban J connectivity index is 1.45. The summed E-state index contributed by atoms with van der Waals surface area (Å²) in [5.41, 5.74) is -2.77. The van der Waals surface area contributed by atoms with E-state index in [-0.39, 0.29) is 16.1 Å². The Morgan fingerprint density at radius 1 is 1.09 bits per heavy atom. The highest BCUT2D eigenvalue weighted by Gasteiger charge is 2.41. The lowest BCUT2D eigenvalue weighted by Gasteiger charge is -2.52. The molecule has 1 aromatic heterocycles. The minimum absolute atomic E-state index is 0.0523. The van der Waals surface area contributed by atoms with Crippen LogP contribution in [0.25, 0.3) is 10.1 Å². The van der Waals surface area contributed by atoms with E-state index in [1.807, 2.05) is 4.90 Å². The molecule has 2 bridgehead atoms. The number of halogens is 3. The molecule has 2 atom stereocenters. The first-order valence-corrected chi connectivity index (χ1v) is 12.2. The fraction of sp³-hybridized carbons (Fsp3) is 0.636. The van der Waals surface area contributed by atoms with E-state index in [4.69, 9.17) is 0 Å². The van der Waals surface area contributed by atoms with Gasteiger partial charge in [-0.05, 0) is 37.7 Å². The van der Waals surface area contributed by atoms with Crippen molar-refractivity contribution in [3.63, 3.8) is 0 Å². The van der Waals surface area contributed by atoms with Crippen LogP contribution in [0.2, 0.25) is 0 Å². The third-order valence-electron chi connectivity index (χ3n) is 7.32. The highest BCUT2D eigenvalue weighted by Crippen LogP contribution is 2.40. The third kappa shape index (κ3) is 4.32. The second-order valence-electron chi connectivity index (χ2n) is 9.42. The Bertz CT molecular complexity index is 1130. The number of piperidine rings is 2. The molecule has 4 aliphatic rings. The van der Waals surface area contributed by atoms with Gasteiger partial charge < -0.3 is 4.90 Å². The maximum Gasteiger partial charge on any atom is 0.416 e. The Morgan fingerprint density at radius 3 is 2.45 bits per heavy atom. The van der Waals surface area contributed by atoms with E-state index in [2.05, 4.69) is 9.88 Å². The van der Waals surface area contributed by atoms with Gasteiger partial charge in [0.1, 0.15) is 4.70 Å². The predicted molar refractivity (Wildman–Crippen MR) is 120 cm³/mol.